The van der Waals surface area contributed by atoms with Gasteiger partial charge < -0.3 is 0 Å². The fourth-order valence-electron chi connectivity index (χ4n) is 6.10. The molecule has 0 aromatic heterocycles. The maximum Gasteiger partial charge on any atom is 0.0802 e. The Morgan fingerprint density at radius 2 is 1.43 bits per heavy atom. The minimum Gasteiger partial charge on any atom is -0.0622 e. The normalized spacial score (nSPS) is 37.9. The largest absolute Gasteiger partial charge is 0.0802 e. The highest BCUT2D eigenvalue weighted by molar-refractivity contribution is 7.76. The molecular formula is C20H30P+. The Morgan fingerprint density at radius 1 is 0.905 bits per heavy atom. The van der Waals surface area contributed by atoms with Crippen LogP contribution < -0.4 is 0 Å². The summed E-state index contributed by atoms with van der Waals surface area (Å²) in [7, 11) is -0.807. The Morgan fingerprint density at radius 3 is 1.95 bits per heavy atom. The van der Waals surface area contributed by atoms with Gasteiger partial charge in [-0.3, -0.25) is 0 Å². The molecule has 1 heteroatoms. The molecule has 0 spiro atoms. The van der Waals surface area contributed by atoms with Crippen molar-refractivity contribution < 1.29 is 0 Å². The standard InChI is InChI=1S/C20H30P/c1-21(2,9-8-16-6-4-3-5-7-16)20-13-17-10-18(14-20)12-19(11-17)15-20/h3-7,17-19H,8-15H2,1-2H3/q+1. The van der Waals surface area contributed by atoms with Crippen molar-refractivity contribution in [1.29, 1.82) is 0 Å². The summed E-state index contributed by atoms with van der Waals surface area (Å²) in [4.78, 5) is 0. The van der Waals surface area contributed by atoms with Crippen molar-refractivity contribution in [1.82, 2.24) is 0 Å². The van der Waals surface area contributed by atoms with Gasteiger partial charge in [-0.2, -0.15) is 0 Å². The van der Waals surface area contributed by atoms with E-state index in [1.54, 1.807) is 44.1 Å². The molecule has 114 valence electrons. The van der Waals surface area contributed by atoms with E-state index in [0.717, 1.165) is 22.9 Å². The average molecular weight is 301 g/mol. The van der Waals surface area contributed by atoms with Crippen molar-refractivity contribution in [3.63, 3.8) is 0 Å². The van der Waals surface area contributed by atoms with Crippen LogP contribution in [0, 0.1) is 17.8 Å². The van der Waals surface area contributed by atoms with Crippen LogP contribution in [0.25, 0.3) is 0 Å². The molecule has 0 N–H and O–H groups in total. The van der Waals surface area contributed by atoms with Crippen molar-refractivity contribution in [3.8, 4) is 0 Å². The maximum absolute atomic E-state index is 2.70. The van der Waals surface area contributed by atoms with Gasteiger partial charge in [0.25, 0.3) is 0 Å². The summed E-state index contributed by atoms with van der Waals surface area (Å²) in [5, 5.41) is 0.788. The summed E-state index contributed by atoms with van der Waals surface area (Å²) in [5.41, 5.74) is 1.55. The number of hydrogen-bond acceptors (Lipinski definition) is 0. The molecular weight excluding hydrogens is 271 g/mol. The molecule has 0 amide bonds. The van der Waals surface area contributed by atoms with Gasteiger partial charge >= 0.3 is 0 Å². The Hall–Kier alpha value is -0.350. The van der Waals surface area contributed by atoms with Crippen LogP contribution in [0.2, 0.25) is 0 Å². The smallest absolute Gasteiger partial charge is 0.0622 e. The zero-order chi connectivity index (χ0) is 14.5. The van der Waals surface area contributed by atoms with Crippen LogP contribution in [0.1, 0.15) is 44.1 Å². The van der Waals surface area contributed by atoms with Gasteiger partial charge in [-0.15, -0.1) is 0 Å². The molecule has 0 radical (unpaired) electrons. The van der Waals surface area contributed by atoms with E-state index < -0.39 is 7.26 Å². The lowest BCUT2D eigenvalue weighted by Crippen LogP contribution is -2.51. The van der Waals surface area contributed by atoms with E-state index >= 15 is 0 Å². The summed E-state index contributed by atoms with van der Waals surface area (Å²) in [6, 6.07) is 11.2. The monoisotopic (exact) mass is 301 g/mol. The lowest BCUT2D eigenvalue weighted by atomic mass is 9.56. The molecule has 21 heavy (non-hydrogen) atoms. The van der Waals surface area contributed by atoms with Crippen LogP contribution in [0.4, 0.5) is 0 Å². The first-order chi connectivity index (χ1) is 10.1. The molecule has 0 heterocycles. The molecule has 1 aromatic rings. The summed E-state index contributed by atoms with van der Waals surface area (Å²) in [6.45, 7) is 5.40. The molecule has 0 atom stereocenters. The number of aryl methyl sites for hydroxylation is 1. The molecule has 1 aromatic carbocycles. The highest BCUT2D eigenvalue weighted by atomic mass is 31.2. The maximum atomic E-state index is 2.70. The summed E-state index contributed by atoms with van der Waals surface area (Å²) >= 11 is 0. The molecule has 5 rings (SSSR count). The lowest BCUT2D eigenvalue weighted by molar-refractivity contribution is 0.0345. The minimum absolute atomic E-state index is 0.788. The molecule has 0 nitrogen and oxygen atoms in total. The molecule has 0 saturated heterocycles. The van der Waals surface area contributed by atoms with Gasteiger partial charge in [-0.25, -0.2) is 0 Å². The first-order valence-electron chi connectivity index (χ1n) is 8.93. The van der Waals surface area contributed by atoms with E-state index in [9.17, 15) is 0 Å². The lowest BCUT2D eigenvalue weighted by Gasteiger charge is -2.58. The van der Waals surface area contributed by atoms with Crippen LogP contribution in [0.15, 0.2) is 30.3 Å². The van der Waals surface area contributed by atoms with Gasteiger partial charge in [-0.1, -0.05) is 30.3 Å². The van der Waals surface area contributed by atoms with E-state index in [2.05, 4.69) is 43.7 Å². The van der Waals surface area contributed by atoms with Gasteiger partial charge in [0.15, 0.2) is 0 Å². The molecule has 0 aliphatic heterocycles. The topological polar surface area (TPSA) is 0 Å². The Balaban J connectivity index is 1.51. The van der Waals surface area contributed by atoms with Crippen molar-refractivity contribution in [2.24, 2.45) is 17.8 Å². The van der Waals surface area contributed by atoms with Crippen molar-refractivity contribution in [2.45, 2.75) is 50.1 Å². The minimum atomic E-state index is -0.807. The van der Waals surface area contributed by atoms with Crippen molar-refractivity contribution >= 4 is 7.26 Å². The highest BCUT2D eigenvalue weighted by Gasteiger charge is 2.61. The molecule has 4 aliphatic rings. The van der Waals surface area contributed by atoms with Gasteiger partial charge in [0, 0.05) is 27.0 Å². The number of rotatable bonds is 4. The zero-order valence-corrected chi connectivity index (χ0v) is 14.6. The van der Waals surface area contributed by atoms with E-state index in [1.807, 2.05) is 0 Å². The molecule has 4 bridgehead atoms. The van der Waals surface area contributed by atoms with Gasteiger partial charge in [0.2, 0.25) is 0 Å². The third-order valence-electron chi connectivity index (χ3n) is 7.09. The summed E-state index contributed by atoms with van der Waals surface area (Å²) in [5.74, 6) is 3.31. The predicted molar refractivity (Wildman–Crippen MR) is 94.7 cm³/mol. The van der Waals surface area contributed by atoms with Crippen LogP contribution in [0.3, 0.4) is 0 Å². The second kappa shape index (κ2) is 5.09. The Kier molecular flexibility index (Phi) is 3.45. The summed E-state index contributed by atoms with van der Waals surface area (Å²) in [6.07, 6.45) is 12.3. The van der Waals surface area contributed by atoms with E-state index in [-0.39, 0.29) is 0 Å². The molecule has 4 aliphatic carbocycles. The number of benzene rings is 1. The molecule has 0 unspecified atom stereocenters. The van der Waals surface area contributed by atoms with Gasteiger partial charge in [0.1, 0.15) is 0 Å². The fraction of sp³-hybridized carbons (Fsp3) is 0.700. The third kappa shape index (κ3) is 2.48. The Bertz CT molecular complexity index is 467. The second-order valence-corrected chi connectivity index (χ2v) is 13.6. The van der Waals surface area contributed by atoms with E-state index in [4.69, 9.17) is 0 Å². The first-order valence-corrected chi connectivity index (χ1v) is 11.8. The van der Waals surface area contributed by atoms with Crippen LogP contribution in [-0.4, -0.2) is 24.6 Å². The average Bonchev–Trinajstić information content (AvgIpc) is 2.45. The fourth-order valence-corrected chi connectivity index (χ4v) is 9.65. The zero-order valence-electron chi connectivity index (χ0n) is 13.7. The van der Waals surface area contributed by atoms with E-state index in [1.165, 1.54) is 12.6 Å². The van der Waals surface area contributed by atoms with Crippen molar-refractivity contribution in [2.75, 3.05) is 19.5 Å². The predicted octanol–water partition coefficient (Wildman–Crippen LogP) is 5.48. The second-order valence-electron chi connectivity index (χ2n) is 8.79. The van der Waals surface area contributed by atoms with Crippen LogP contribution >= 0.6 is 7.26 Å². The highest BCUT2D eigenvalue weighted by Crippen LogP contribution is 2.75. The third-order valence-corrected chi connectivity index (χ3v) is 11.5. The number of hydrogen-bond donors (Lipinski definition) is 0. The van der Waals surface area contributed by atoms with E-state index in [0.29, 0.717) is 0 Å². The van der Waals surface area contributed by atoms with Gasteiger partial charge in [-0.05, 0) is 61.8 Å². The quantitative estimate of drug-likeness (QED) is 0.646. The first kappa shape index (κ1) is 14.3. The Labute approximate surface area is 131 Å². The van der Waals surface area contributed by atoms with Crippen LogP contribution in [-0.2, 0) is 6.42 Å². The molecule has 4 fully saturated rings. The van der Waals surface area contributed by atoms with Crippen molar-refractivity contribution in [3.05, 3.63) is 35.9 Å². The van der Waals surface area contributed by atoms with Crippen LogP contribution in [0.5, 0.6) is 0 Å². The van der Waals surface area contributed by atoms with Gasteiger partial charge in [0.05, 0.1) is 11.3 Å². The SMILES string of the molecule is C[P+](C)(CCc1ccccc1)C12CC3CC(CC(C3)C1)C2. The molecule has 4 saturated carbocycles. The summed E-state index contributed by atoms with van der Waals surface area (Å²) < 4.78 is 0.